The molecule has 0 aliphatic carbocycles. The van der Waals surface area contributed by atoms with Gasteiger partial charge in [0, 0.05) is 0 Å². The molecule has 0 aromatic carbocycles. The van der Waals surface area contributed by atoms with E-state index in [-0.39, 0.29) is 12.1 Å². The van der Waals surface area contributed by atoms with Gasteiger partial charge >= 0.3 is 0 Å². The van der Waals surface area contributed by atoms with E-state index in [9.17, 15) is 25.5 Å². The van der Waals surface area contributed by atoms with Crippen LogP contribution in [-0.2, 0) is 23.8 Å². The topological polar surface area (TPSA) is 160 Å². The van der Waals surface area contributed by atoms with Crippen molar-refractivity contribution < 1.29 is 49.3 Å². The lowest BCUT2D eigenvalue weighted by Gasteiger charge is -2.44. The molecule has 9 atom stereocenters. The number of aliphatic hydroxyl groups excluding tert-OH is 5. The second-order valence-corrected chi connectivity index (χ2v) is 7.44. The first-order valence-electron chi connectivity index (χ1n) is 8.44. The minimum absolute atomic E-state index is 0.112. The van der Waals surface area contributed by atoms with Gasteiger partial charge in [0.15, 0.2) is 18.2 Å². The van der Waals surface area contributed by atoms with Crippen molar-refractivity contribution in [2.45, 2.75) is 80.9 Å². The lowest BCUT2D eigenvalue weighted by Crippen LogP contribution is -2.65. The number of oxime groups is 1. The average molecular weight is 377 g/mol. The molecular formula is C15H23NO10. The fourth-order valence-corrected chi connectivity index (χ4v) is 3.88. The van der Waals surface area contributed by atoms with Crippen molar-refractivity contribution in [1.82, 2.24) is 0 Å². The summed E-state index contributed by atoms with van der Waals surface area (Å²) in [6.07, 6.45) is -9.32. The van der Waals surface area contributed by atoms with E-state index in [1.165, 1.54) is 0 Å². The first-order chi connectivity index (χ1) is 12.2. The molecule has 0 amide bonds. The third-order valence-electron chi connectivity index (χ3n) is 5.14. The van der Waals surface area contributed by atoms with Crippen LogP contribution in [-0.4, -0.2) is 98.4 Å². The summed E-state index contributed by atoms with van der Waals surface area (Å²) in [7, 11) is 0. The maximum Gasteiger partial charge on any atom is 0.271 e. The van der Waals surface area contributed by atoms with Crippen LogP contribution in [0.25, 0.3) is 0 Å². The predicted octanol–water partition coefficient (Wildman–Crippen LogP) is -2.83. The molecule has 11 heteroatoms. The number of hydrogen-bond acceptors (Lipinski definition) is 11. The number of nitrogens with zero attached hydrogens (tertiary/aromatic N) is 1. The minimum Gasteiger partial charge on any atom is -0.394 e. The number of hydrogen-bond donors (Lipinski definition) is 5. The zero-order valence-electron chi connectivity index (χ0n) is 14.3. The van der Waals surface area contributed by atoms with E-state index in [2.05, 4.69) is 5.16 Å². The number of ether oxygens (including phenoxy) is 4. The molecule has 1 spiro atoms. The lowest BCUT2D eigenvalue weighted by molar-refractivity contribution is -0.355. The zero-order valence-corrected chi connectivity index (χ0v) is 14.3. The molecule has 0 radical (unpaired) electrons. The predicted molar refractivity (Wildman–Crippen MR) is 80.6 cm³/mol. The Morgan fingerprint density at radius 3 is 2.42 bits per heavy atom. The molecule has 3 fully saturated rings. The Kier molecular flexibility index (Phi) is 4.30. The monoisotopic (exact) mass is 377 g/mol. The summed E-state index contributed by atoms with van der Waals surface area (Å²) in [5, 5.41) is 53.5. The van der Waals surface area contributed by atoms with Gasteiger partial charge in [-0.2, -0.15) is 0 Å². The van der Waals surface area contributed by atoms with Gasteiger partial charge in [-0.05, 0) is 13.8 Å². The summed E-state index contributed by atoms with van der Waals surface area (Å²) in [4.78, 5) is 5.28. The van der Waals surface area contributed by atoms with Gasteiger partial charge in [0.1, 0.15) is 36.6 Å². The molecule has 0 saturated carbocycles. The molecule has 0 bridgehead atoms. The quantitative estimate of drug-likeness (QED) is 0.339. The van der Waals surface area contributed by atoms with Crippen LogP contribution < -0.4 is 0 Å². The van der Waals surface area contributed by atoms with Crippen LogP contribution in [0.15, 0.2) is 5.16 Å². The van der Waals surface area contributed by atoms with Crippen LogP contribution in [0.2, 0.25) is 0 Å². The van der Waals surface area contributed by atoms with Crippen LogP contribution in [0.4, 0.5) is 0 Å². The van der Waals surface area contributed by atoms with Crippen LogP contribution in [0.1, 0.15) is 20.3 Å². The third-order valence-corrected chi connectivity index (χ3v) is 5.14. The molecule has 3 saturated heterocycles. The minimum atomic E-state index is -1.78. The standard InChI is InChI=1S/C15H23NO10/c1-14(2)24-10-9(22-13(21)11(10)25-14)5-3-15(26-16-5)12(20)8(19)7(18)6(4-17)23-15/h6-13,17-21H,3-4H2,1-2H3/t6-,7-,8+,9+,10+,11+,12+,13-,15-/m1/s1. The van der Waals surface area contributed by atoms with Crippen LogP contribution in [0, 0.1) is 0 Å². The highest BCUT2D eigenvalue weighted by Gasteiger charge is 2.62. The summed E-state index contributed by atoms with van der Waals surface area (Å²) in [6.45, 7) is 2.84. The van der Waals surface area contributed by atoms with Gasteiger partial charge in [-0.25, -0.2) is 0 Å². The van der Waals surface area contributed by atoms with E-state index < -0.39 is 67.2 Å². The summed E-state index contributed by atoms with van der Waals surface area (Å²) in [5.41, 5.74) is 0.289. The highest BCUT2D eigenvalue weighted by molar-refractivity contribution is 5.91. The maximum absolute atomic E-state index is 10.3. The van der Waals surface area contributed by atoms with Crippen LogP contribution in [0.3, 0.4) is 0 Å². The molecule has 26 heavy (non-hydrogen) atoms. The third kappa shape index (κ3) is 2.66. The van der Waals surface area contributed by atoms with E-state index in [0.29, 0.717) is 0 Å². The summed E-state index contributed by atoms with van der Waals surface area (Å²) < 4.78 is 22.4. The Bertz CT molecular complexity index is 597. The van der Waals surface area contributed by atoms with Gasteiger partial charge in [0.05, 0.1) is 18.7 Å². The summed E-state index contributed by atoms with van der Waals surface area (Å²) in [6, 6.07) is 0. The van der Waals surface area contributed by atoms with E-state index in [4.69, 9.17) is 23.8 Å². The molecule has 4 heterocycles. The normalized spacial score (nSPS) is 52.8. The van der Waals surface area contributed by atoms with E-state index in [1.54, 1.807) is 13.8 Å². The molecule has 4 aliphatic rings. The van der Waals surface area contributed by atoms with Crippen molar-refractivity contribution in [2.75, 3.05) is 6.61 Å². The van der Waals surface area contributed by atoms with Gasteiger partial charge < -0.3 is 49.3 Å². The summed E-state index contributed by atoms with van der Waals surface area (Å²) in [5.74, 6) is -2.68. The van der Waals surface area contributed by atoms with Crippen molar-refractivity contribution in [1.29, 1.82) is 0 Å². The fourth-order valence-electron chi connectivity index (χ4n) is 3.88. The molecule has 0 aromatic heterocycles. The molecule has 0 aromatic rings. The Balaban J connectivity index is 1.53. The van der Waals surface area contributed by atoms with Gasteiger partial charge in [0.2, 0.25) is 0 Å². The van der Waals surface area contributed by atoms with Crippen molar-refractivity contribution in [2.24, 2.45) is 5.16 Å². The molecular weight excluding hydrogens is 354 g/mol. The zero-order chi connectivity index (χ0) is 18.9. The number of rotatable bonds is 2. The van der Waals surface area contributed by atoms with Crippen LogP contribution >= 0.6 is 0 Å². The van der Waals surface area contributed by atoms with Gasteiger partial charge in [-0.15, -0.1) is 0 Å². The molecule has 11 nitrogen and oxygen atoms in total. The first-order valence-corrected chi connectivity index (χ1v) is 8.44. The van der Waals surface area contributed by atoms with Gasteiger partial charge in [-0.1, -0.05) is 5.16 Å². The highest BCUT2D eigenvalue weighted by Crippen LogP contribution is 2.43. The van der Waals surface area contributed by atoms with Crippen molar-refractivity contribution in [3.8, 4) is 0 Å². The first kappa shape index (κ1) is 18.5. The van der Waals surface area contributed by atoms with Gasteiger partial charge in [0.25, 0.3) is 5.79 Å². The molecule has 4 aliphatic heterocycles. The number of aliphatic hydroxyl groups is 5. The van der Waals surface area contributed by atoms with E-state index in [0.717, 1.165) is 0 Å². The average Bonchev–Trinajstić information content (AvgIpc) is 3.23. The second-order valence-electron chi connectivity index (χ2n) is 7.44. The Morgan fingerprint density at radius 2 is 1.73 bits per heavy atom. The second kappa shape index (κ2) is 6.06. The number of fused-ring (bicyclic) bond motifs is 1. The van der Waals surface area contributed by atoms with Crippen molar-refractivity contribution in [3.05, 3.63) is 0 Å². The molecule has 5 N–H and O–H groups in total. The smallest absolute Gasteiger partial charge is 0.271 e. The van der Waals surface area contributed by atoms with Crippen molar-refractivity contribution >= 4 is 5.71 Å². The molecule has 4 rings (SSSR count). The Labute approximate surface area is 148 Å². The summed E-state index contributed by atoms with van der Waals surface area (Å²) >= 11 is 0. The Morgan fingerprint density at radius 1 is 1.04 bits per heavy atom. The largest absolute Gasteiger partial charge is 0.394 e. The van der Waals surface area contributed by atoms with E-state index in [1.807, 2.05) is 0 Å². The lowest BCUT2D eigenvalue weighted by atomic mass is 9.88. The Hall–Kier alpha value is -0.890. The highest BCUT2D eigenvalue weighted by atomic mass is 16.8. The molecule has 0 unspecified atom stereocenters. The van der Waals surface area contributed by atoms with Crippen molar-refractivity contribution in [3.63, 3.8) is 0 Å². The molecule has 148 valence electrons. The van der Waals surface area contributed by atoms with Gasteiger partial charge in [-0.3, -0.25) is 0 Å². The fraction of sp³-hybridized carbons (Fsp3) is 0.933. The maximum atomic E-state index is 10.3. The SMILES string of the molecule is CC1(C)O[C@@H]2[C@H](O1)[C@H](O)O[C@H]2C1=NO[C@@]2(C1)O[C@H](CO)[C@@H](O)[C@H](O)[C@@H]2O. The van der Waals surface area contributed by atoms with Crippen LogP contribution in [0.5, 0.6) is 0 Å². The van der Waals surface area contributed by atoms with E-state index >= 15 is 0 Å².